The van der Waals surface area contributed by atoms with Crippen molar-refractivity contribution in [3.63, 3.8) is 0 Å². The summed E-state index contributed by atoms with van der Waals surface area (Å²) in [4.78, 5) is 0. The molecule has 0 saturated heterocycles. The highest BCUT2D eigenvalue weighted by Gasteiger charge is 2.14. The molecule has 18 heavy (non-hydrogen) atoms. The van der Waals surface area contributed by atoms with Crippen molar-refractivity contribution in [1.29, 1.82) is 0 Å². The summed E-state index contributed by atoms with van der Waals surface area (Å²) in [5.74, 6) is 0. The molecule has 0 bridgehead atoms. The topological polar surface area (TPSA) is 25.2 Å². The van der Waals surface area contributed by atoms with Crippen LogP contribution in [0.25, 0.3) is 0 Å². The predicted octanol–water partition coefficient (Wildman–Crippen LogP) is 3.93. The number of benzene rings is 1. The van der Waals surface area contributed by atoms with Crippen LogP contribution in [-0.2, 0) is 6.42 Å². The summed E-state index contributed by atoms with van der Waals surface area (Å²) in [7, 11) is 0. The number of nitrogens with one attached hydrogen (secondary N) is 1. The molecule has 2 aromatic rings. The third-order valence-electron chi connectivity index (χ3n) is 3.11. The van der Waals surface area contributed by atoms with Crippen molar-refractivity contribution in [1.82, 2.24) is 5.32 Å². The van der Waals surface area contributed by atoms with E-state index < -0.39 is 0 Å². The Morgan fingerprint density at radius 2 is 2.06 bits per heavy atom. The fraction of sp³-hybridized carbons (Fsp3) is 0.375. The predicted molar refractivity (Wildman–Crippen MR) is 74.7 cm³/mol. The molecule has 0 aliphatic heterocycles. The van der Waals surface area contributed by atoms with Crippen LogP contribution in [0.5, 0.6) is 0 Å². The Kier molecular flexibility index (Phi) is 4.59. The van der Waals surface area contributed by atoms with Crippen LogP contribution in [0.4, 0.5) is 0 Å². The normalized spacial score (nSPS) is 12.6. The molecule has 0 saturated carbocycles. The maximum atomic E-state index is 5.20. The second kappa shape index (κ2) is 6.41. The first kappa shape index (κ1) is 12.9. The summed E-state index contributed by atoms with van der Waals surface area (Å²) < 4.78 is 5.20. The van der Waals surface area contributed by atoms with Crippen molar-refractivity contribution in [2.24, 2.45) is 0 Å². The first-order valence-corrected chi connectivity index (χ1v) is 6.69. The second-order valence-corrected chi connectivity index (χ2v) is 4.54. The van der Waals surface area contributed by atoms with E-state index in [0.717, 1.165) is 13.0 Å². The highest BCUT2D eigenvalue weighted by atomic mass is 16.3. The quantitative estimate of drug-likeness (QED) is 0.831. The molecule has 0 spiro atoms. The van der Waals surface area contributed by atoms with E-state index in [0.29, 0.717) is 0 Å². The largest absolute Gasteiger partial charge is 0.472 e. The third-order valence-corrected chi connectivity index (χ3v) is 3.11. The number of furan rings is 1. The monoisotopic (exact) mass is 243 g/mol. The van der Waals surface area contributed by atoms with E-state index in [4.69, 9.17) is 4.42 Å². The number of rotatable bonds is 6. The van der Waals surface area contributed by atoms with Crippen molar-refractivity contribution >= 4 is 0 Å². The van der Waals surface area contributed by atoms with Gasteiger partial charge in [-0.05, 0) is 30.2 Å². The molecular formula is C16H21NO. The minimum atomic E-state index is 0.227. The van der Waals surface area contributed by atoms with Crippen molar-refractivity contribution in [2.45, 2.75) is 32.7 Å². The summed E-state index contributed by atoms with van der Waals surface area (Å²) >= 11 is 0. The molecule has 2 heteroatoms. The van der Waals surface area contributed by atoms with Crippen LogP contribution in [0.1, 0.15) is 43.0 Å². The molecule has 2 nitrogen and oxygen atoms in total. The van der Waals surface area contributed by atoms with E-state index in [1.807, 2.05) is 12.3 Å². The van der Waals surface area contributed by atoms with Crippen molar-refractivity contribution in [3.8, 4) is 0 Å². The average Bonchev–Trinajstić information content (AvgIpc) is 2.90. The lowest BCUT2D eigenvalue weighted by Gasteiger charge is -2.17. The van der Waals surface area contributed by atoms with E-state index >= 15 is 0 Å². The van der Waals surface area contributed by atoms with Gasteiger partial charge in [0.05, 0.1) is 18.6 Å². The van der Waals surface area contributed by atoms with Gasteiger partial charge in [-0.25, -0.2) is 0 Å². The van der Waals surface area contributed by atoms with Crippen LogP contribution in [0.2, 0.25) is 0 Å². The molecule has 1 atom stereocenters. The molecule has 0 fully saturated rings. The summed E-state index contributed by atoms with van der Waals surface area (Å²) in [5, 5.41) is 3.51. The van der Waals surface area contributed by atoms with Crippen LogP contribution >= 0.6 is 0 Å². The zero-order valence-corrected chi connectivity index (χ0v) is 11.1. The summed E-state index contributed by atoms with van der Waals surface area (Å²) in [6.45, 7) is 5.28. The van der Waals surface area contributed by atoms with E-state index in [1.165, 1.54) is 23.1 Å². The first-order valence-electron chi connectivity index (χ1n) is 6.69. The van der Waals surface area contributed by atoms with E-state index in [9.17, 15) is 0 Å². The van der Waals surface area contributed by atoms with E-state index in [1.54, 1.807) is 6.26 Å². The maximum Gasteiger partial charge on any atom is 0.0953 e. The molecule has 1 aromatic heterocycles. The zero-order valence-electron chi connectivity index (χ0n) is 11.1. The Balaban J connectivity index is 2.27. The molecule has 2 rings (SSSR count). The minimum absolute atomic E-state index is 0.227. The smallest absolute Gasteiger partial charge is 0.0953 e. The second-order valence-electron chi connectivity index (χ2n) is 4.54. The molecular weight excluding hydrogens is 222 g/mol. The van der Waals surface area contributed by atoms with Crippen LogP contribution in [0.15, 0.2) is 47.3 Å². The van der Waals surface area contributed by atoms with Crippen LogP contribution < -0.4 is 5.32 Å². The van der Waals surface area contributed by atoms with E-state index in [2.05, 4.69) is 43.4 Å². The highest BCUT2D eigenvalue weighted by Crippen LogP contribution is 2.23. The van der Waals surface area contributed by atoms with Gasteiger partial charge in [0.25, 0.3) is 0 Å². The van der Waals surface area contributed by atoms with Gasteiger partial charge in [0.1, 0.15) is 0 Å². The SMILES string of the molecule is CCCc1cccc(C(NCC)c2ccoc2)c1. The minimum Gasteiger partial charge on any atom is -0.472 e. The van der Waals surface area contributed by atoms with Gasteiger partial charge >= 0.3 is 0 Å². The molecule has 0 aliphatic carbocycles. The highest BCUT2D eigenvalue weighted by molar-refractivity contribution is 5.32. The average molecular weight is 243 g/mol. The van der Waals surface area contributed by atoms with Gasteiger partial charge in [-0.1, -0.05) is 44.5 Å². The third kappa shape index (κ3) is 3.02. The van der Waals surface area contributed by atoms with Gasteiger partial charge in [-0.3, -0.25) is 0 Å². The lowest BCUT2D eigenvalue weighted by molar-refractivity contribution is 0.553. The lowest BCUT2D eigenvalue weighted by atomic mass is 9.98. The van der Waals surface area contributed by atoms with Gasteiger partial charge in [-0.15, -0.1) is 0 Å². The molecule has 0 radical (unpaired) electrons. The van der Waals surface area contributed by atoms with Crippen LogP contribution in [-0.4, -0.2) is 6.54 Å². The molecule has 1 unspecified atom stereocenters. The Morgan fingerprint density at radius 3 is 2.72 bits per heavy atom. The molecule has 96 valence electrons. The zero-order chi connectivity index (χ0) is 12.8. The van der Waals surface area contributed by atoms with E-state index in [-0.39, 0.29) is 6.04 Å². The molecule has 0 amide bonds. The molecule has 0 aliphatic rings. The van der Waals surface area contributed by atoms with Gasteiger partial charge < -0.3 is 9.73 Å². The van der Waals surface area contributed by atoms with Gasteiger partial charge in [0, 0.05) is 5.56 Å². The van der Waals surface area contributed by atoms with Gasteiger partial charge in [-0.2, -0.15) is 0 Å². The Labute approximate surface area is 109 Å². The fourth-order valence-electron chi connectivity index (χ4n) is 2.29. The van der Waals surface area contributed by atoms with Crippen molar-refractivity contribution in [2.75, 3.05) is 6.54 Å². The standard InChI is InChI=1S/C16H21NO/c1-3-6-13-7-5-8-14(11-13)16(17-4-2)15-9-10-18-12-15/h5,7-12,16-17H,3-4,6H2,1-2H3. The number of aryl methyl sites for hydroxylation is 1. The van der Waals surface area contributed by atoms with Gasteiger partial charge in [0.2, 0.25) is 0 Å². The van der Waals surface area contributed by atoms with Crippen LogP contribution in [0, 0.1) is 0 Å². The lowest BCUT2D eigenvalue weighted by Crippen LogP contribution is -2.21. The Hall–Kier alpha value is -1.54. The van der Waals surface area contributed by atoms with Crippen molar-refractivity contribution < 1.29 is 4.42 Å². The van der Waals surface area contributed by atoms with Gasteiger partial charge in [0.15, 0.2) is 0 Å². The fourth-order valence-corrected chi connectivity index (χ4v) is 2.29. The molecule has 1 heterocycles. The molecule has 1 aromatic carbocycles. The summed E-state index contributed by atoms with van der Waals surface area (Å²) in [6.07, 6.45) is 5.87. The summed E-state index contributed by atoms with van der Waals surface area (Å²) in [6, 6.07) is 11.1. The van der Waals surface area contributed by atoms with Crippen molar-refractivity contribution in [3.05, 3.63) is 59.5 Å². The summed E-state index contributed by atoms with van der Waals surface area (Å²) in [5.41, 5.74) is 3.90. The maximum absolute atomic E-state index is 5.20. The number of hydrogen-bond acceptors (Lipinski definition) is 2. The molecule has 1 N–H and O–H groups in total. The van der Waals surface area contributed by atoms with Crippen LogP contribution in [0.3, 0.4) is 0 Å². The first-order chi connectivity index (χ1) is 8.85. The Bertz CT molecular complexity index is 462. The Morgan fingerprint density at radius 1 is 1.17 bits per heavy atom. The number of hydrogen-bond donors (Lipinski definition) is 1.